The molecule has 102 valence electrons. The average molecular weight is 256 g/mol. The monoisotopic (exact) mass is 256 g/mol. The van der Waals surface area contributed by atoms with Crippen molar-refractivity contribution in [1.82, 2.24) is 5.01 Å². The van der Waals surface area contributed by atoms with Crippen LogP contribution in [0.15, 0.2) is 5.10 Å². The van der Waals surface area contributed by atoms with Crippen molar-refractivity contribution in [3.63, 3.8) is 0 Å². The minimum atomic E-state index is -0.709. The first-order valence-corrected chi connectivity index (χ1v) is 5.97. The standard InChI is InChI=1S/C12H20N2O4/c1-6-17-10(15)9-7-8(2)13-14(9)11(16)18-12(3,4)5/h9H,6-7H2,1-5H3. The molecule has 6 heteroatoms. The molecule has 0 saturated heterocycles. The van der Waals surface area contributed by atoms with Crippen molar-refractivity contribution < 1.29 is 19.1 Å². The second kappa shape index (κ2) is 5.37. The number of nitrogens with zero attached hydrogens (tertiary/aromatic N) is 2. The van der Waals surface area contributed by atoms with E-state index in [1.54, 1.807) is 34.6 Å². The zero-order chi connectivity index (χ0) is 13.9. The third-order valence-electron chi connectivity index (χ3n) is 2.20. The van der Waals surface area contributed by atoms with Gasteiger partial charge in [0.25, 0.3) is 0 Å². The molecule has 1 amide bonds. The highest BCUT2D eigenvalue weighted by molar-refractivity contribution is 5.94. The van der Waals surface area contributed by atoms with Crippen LogP contribution in [0.3, 0.4) is 0 Å². The lowest BCUT2D eigenvalue weighted by Gasteiger charge is -2.25. The number of hydrogen-bond donors (Lipinski definition) is 0. The van der Waals surface area contributed by atoms with Crippen LogP contribution in [-0.4, -0.2) is 41.0 Å². The summed E-state index contributed by atoms with van der Waals surface area (Å²) >= 11 is 0. The van der Waals surface area contributed by atoms with E-state index in [4.69, 9.17) is 9.47 Å². The van der Waals surface area contributed by atoms with Crippen LogP contribution in [-0.2, 0) is 14.3 Å². The first-order chi connectivity index (χ1) is 8.24. The number of carbonyl (C=O) groups is 2. The number of esters is 1. The molecule has 1 atom stereocenters. The second-order valence-corrected chi connectivity index (χ2v) is 5.13. The van der Waals surface area contributed by atoms with Gasteiger partial charge in [-0.3, -0.25) is 0 Å². The molecule has 18 heavy (non-hydrogen) atoms. The Morgan fingerprint density at radius 3 is 2.56 bits per heavy atom. The maximum absolute atomic E-state index is 11.9. The van der Waals surface area contributed by atoms with Crippen molar-refractivity contribution in [3.8, 4) is 0 Å². The Labute approximate surface area is 107 Å². The molecule has 0 spiro atoms. The summed E-state index contributed by atoms with van der Waals surface area (Å²) in [6, 6.07) is -0.709. The van der Waals surface area contributed by atoms with Gasteiger partial charge in [0.2, 0.25) is 0 Å². The summed E-state index contributed by atoms with van der Waals surface area (Å²) in [4.78, 5) is 23.6. The van der Waals surface area contributed by atoms with Crippen molar-refractivity contribution in [2.24, 2.45) is 5.10 Å². The number of ether oxygens (including phenoxy) is 2. The minimum Gasteiger partial charge on any atom is -0.464 e. The van der Waals surface area contributed by atoms with Gasteiger partial charge >= 0.3 is 12.1 Å². The molecule has 0 aromatic heterocycles. The number of hydrazone groups is 1. The minimum absolute atomic E-state index is 0.274. The van der Waals surface area contributed by atoms with Crippen molar-refractivity contribution in [2.75, 3.05) is 6.61 Å². The summed E-state index contributed by atoms with van der Waals surface area (Å²) < 4.78 is 10.1. The van der Waals surface area contributed by atoms with Crippen LogP contribution in [0.25, 0.3) is 0 Å². The third-order valence-corrected chi connectivity index (χ3v) is 2.20. The predicted molar refractivity (Wildman–Crippen MR) is 66.2 cm³/mol. The topological polar surface area (TPSA) is 68.2 Å². The summed E-state index contributed by atoms with van der Waals surface area (Å²) in [5.41, 5.74) is 0.0846. The van der Waals surface area contributed by atoms with Crippen molar-refractivity contribution in [1.29, 1.82) is 0 Å². The van der Waals surface area contributed by atoms with Crippen LogP contribution in [0.4, 0.5) is 4.79 Å². The van der Waals surface area contributed by atoms with Gasteiger partial charge in [0.05, 0.1) is 6.61 Å². The van der Waals surface area contributed by atoms with Crippen molar-refractivity contribution in [2.45, 2.75) is 52.7 Å². The fraction of sp³-hybridized carbons (Fsp3) is 0.750. The SMILES string of the molecule is CCOC(=O)C1CC(C)=NN1C(=O)OC(C)(C)C. The lowest BCUT2D eigenvalue weighted by Crippen LogP contribution is -2.42. The van der Waals surface area contributed by atoms with E-state index in [9.17, 15) is 9.59 Å². The molecule has 0 N–H and O–H groups in total. The Morgan fingerprint density at radius 1 is 1.44 bits per heavy atom. The number of amides is 1. The predicted octanol–water partition coefficient (Wildman–Crippen LogP) is 1.93. The van der Waals surface area contributed by atoms with Crippen LogP contribution in [0.2, 0.25) is 0 Å². The molecule has 1 aliphatic heterocycles. The Bertz CT molecular complexity index is 371. The molecular formula is C12H20N2O4. The molecule has 1 heterocycles. The van der Waals surface area contributed by atoms with Gasteiger partial charge in [-0.1, -0.05) is 0 Å². The van der Waals surface area contributed by atoms with E-state index in [1.165, 1.54) is 0 Å². The van der Waals surface area contributed by atoms with Crippen LogP contribution in [0.5, 0.6) is 0 Å². The normalized spacial score (nSPS) is 19.5. The van der Waals surface area contributed by atoms with Crippen LogP contribution in [0, 0.1) is 0 Å². The smallest absolute Gasteiger partial charge is 0.431 e. The number of hydrogen-bond acceptors (Lipinski definition) is 5. The van der Waals surface area contributed by atoms with Crippen LogP contribution >= 0.6 is 0 Å². The highest BCUT2D eigenvalue weighted by Gasteiger charge is 2.38. The van der Waals surface area contributed by atoms with Crippen LogP contribution < -0.4 is 0 Å². The Hall–Kier alpha value is -1.59. The highest BCUT2D eigenvalue weighted by atomic mass is 16.6. The van der Waals surface area contributed by atoms with Crippen molar-refractivity contribution >= 4 is 17.8 Å². The van der Waals surface area contributed by atoms with Crippen LogP contribution in [0.1, 0.15) is 41.0 Å². The van der Waals surface area contributed by atoms with Gasteiger partial charge < -0.3 is 9.47 Å². The summed E-state index contributed by atoms with van der Waals surface area (Å²) in [6.45, 7) is 9.04. The first kappa shape index (κ1) is 14.5. The second-order valence-electron chi connectivity index (χ2n) is 5.13. The van der Waals surface area contributed by atoms with E-state index in [0.717, 1.165) is 5.01 Å². The van der Waals surface area contributed by atoms with Crippen molar-refractivity contribution in [3.05, 3.63) is 0 Å². The lowest BCUT2D eigenvalue weighted by molar-refractivity contribution is -0.148. The van der Waals surface area contributed by atoms with Gasteiger partial charge in [-0.05, 0) is 34.6 Å². The fourth-order valence-corrected chi connectivity index (χ4v) is 1.56. The average Bonchev–Trinajstić information content (AvgIpc) is 2.58. The van der Waals surface area contributed by atoms with E-state index >= 15 is 0 Å². The molecular weight excluding hydrogens is 236 g/mol. The van der Waals surface area contributed by atoms with E-state index in [2.05, 4.69) is 5.10 Å². The summed E-state index contributed by atoms with van der Waals surface area (Å²) in [5, 5.41) is 5.10. The maximum Gasteiger partial charge on any atom is 0.431 e. The Morgan fingerprint density at radius 2 is 2.06 bits per heavy atom. The third kappa shape index (κ3) is 3.72. The van der Waals surface area contributed by atoms with Gasteiger partial charge in [0.15, 0.2) is 6.04 Å². The molecule has 0 aromatic carbocycles. The van der Waals surface area contributed by atoms with E-state index in [-0.39, 0.29) is 6.61 Å². The van der Waals surface area contributed by atoms with Gasteiger partial charge in [0.1, 0.15) is 5.60 Å². The van der Waals surface area contributed by atoms with Gasteiger partial charge in [-0.25, -0.2) is 9.59 Å². The zero-order valence-electron chi connectivity index (χ0n) is 11.5. The fourth-order valence-electron chi connectivity index (χ4n) is 1.56. The van der Waals surface area contributed by atoms with Gasteiger partial charge in [0, 0.05) is 12.1 Å². The number of carbonyl (C=O) groups excluding carboxylic acids is 2. The Kier molecular flexibility index (Phi) is 4.32. The molecule has 0 radical (unpaired) electrons. The molecule has 6 nitrogen and oxygen atoms in total. The summed E-state index contributed by atoms with van der Waals surface area (Å²) in [7, 11) is 0. The molecule has 0 aromatic rings. The quantitative estimate of drug-likeness (QED) is 0.708. The molecule has 0 saturated carbocycles. The van der Waals surface area contributed by atoms with E-state index in [0.29, 0.717) is 12.1 Å². The molecule has 0 bridgehead atoms. The molecule has 1 aliphatic rings. The van der Waals surface area contributed by atoms with E-state index < -0.39 is 23.7 Å². The molecule has 1 unspecified atom stereocenters. The summed E-state index contributed by atoms with van der Waals surface area (Å²) in [5.74, 6) is -0.455. The van der Waals surface area contributed by atoms with E-state index in [1.807, 2.05) is 0 Å². The van der Waals surface area contributed by atoms with Gasteiger partial charge in [-0.15, -0.1) is 0 Å². The Balaban J connectivity index is 2.77. The molecule has 0 fully saturated rings. The number of rotatable bonds is 2. The highest BCUT2D eigenvalue weighted by Crippen LogP contribution is 2.20. The summed E-state index contributed by atoms with van der Waals surface area (Å²) in [6.07, 6.45) is -0.240. The molecule has 1 rings (SSSR count). The maximum atomic E-state index is 11.9. The largest absolute Gasteiger partial charge is 0.464 e. The van der Waals surface area contributed by atoms with Gasteiger partial charge in [-0.2, -0.15) is 10.1 Å². The lowest BCUT2D eigenvalue weighted by atomic mass is 10.1. The zero-order valence-corrected chi connectivity index (χ0v) is 11.5. The first-order valence-electron chi connectivity index (χ1n) is 5.97. The molecule has 0 aliphatic carbocycles.